The fourth-order valence-corrected chi connectivity index (χ4v) is 3.52. The minimum Gasteiger partial charge on any atom is -0.347 e. The first kappa shape index (κ1) is 19.7. The van der Waals surface area contributed by atoms with Gasteiger partial charge in [-0.2, -0.15) is 0 Å². The van der Waals surface area contributed by atoms with Crippen molar-refractivity contribution in [2.75, 3.05) is 6.54 Å². The number of halogens is 1. The number of carbonyl (C=O) groups excluding carboxylic acids is 2. The Morgan fingerprint density at radius 1 is 1.13 bits per heavy atom. The second-order valence-electron chi connectivity index (χ2n) is 7.15. The maximum absolute atomic E-state index is 13.1. The number of likely N-dealkylation sites (tertiary alicyclic amines) is 1. The van der Waals surface area contributed by atoms with Crippen molar-refractivity contribution in [3.05, 3.63) is 77.6 Å². The van der Waals surface area contributed by atoms with Crippen LogP contribution in [0.3, 0.4) is 0 Å². The molecule has 154 valence electrons. The number of nitrogens with zero attached hydrogens (tertiary/aromatic N) is 5. The van der Waals surface area contributed by atoms with Crippen molar-refractivity contribution < 1.29 is 14.0 Å². The molecular weight excluding hydrogens is 387 g/mol. The largest absolute Gasteiger partial charge is 0.347 e. The van der Waals surface area contributed by atoms with E-state index in [2.05, 4.69) is 20.6 Å². The first-order valence-corrected chi connectivity index (χ1v) is 9.75. The van der Waals surface area contributed by atoms with Crippen molar-refractivity contribution in [1.29, 1.82) is 0 Å². The minimum absolute atomic E-state index is 0.0914. The second kappa shape index (κ2) is 8.81. The monoisotopic (exact) mass is 408 g/mol. The molecule has 0 bridgehead atoms. The molecule has 2 amide bonds. The standard InChI is InChI=1S/C21H21FN6O2/c22-16-8-9-18(23-12-16)21(30)28-10-4-7-17(28)13-27-14-19(25-26-27)20(29)24-11-15-5-2-1-3-6-15/h1-3,5-6,8-9,12,14,17H,4,7,10-11,13H2,(H,24,29)/t17-/m0/s1. The lowest BCUT2D eigenvalue weighted by Gasteiger charge is -2.24. The number of rotatable bonds is 6. The van der Waals surface area contributed by atoms with Gasteiger partial charge >= 0.3 is 0 Å². The predicted octanol–water partition coefficient (Wildman–Crippen LogP) is 2.05. The maximum Gasteiger partial charge on any atom is 0.273 e. The molecule has 1 aliphatic heterocycles. The van der Waals surface area contributed by atoms with Gasteiger partial charge in [-0.05, 0) is 30.5 Å². The Bertz CT molecular complexity index is 1020. The number of amides is 2. The van der Waals surface area contributed by atoms with E-state index in [-0.39, 0.29) is 29.2 Å². The summed E-state index contributed by atoms with van der Waals surface area (Å²) in [5.41, 5.74) is 1.43. The zero-order chi connectivity index (χ0) is 20.9. The summed E-state index contributed by atoms with van der Waals surface area (Å²) in [7, 11) is 0. The molecule has 1 aliphatic rings. The number of hydrogen-bond acceptors (Lipinski definition) is 5. The van der Waals surface area contributed by atoms with Gasteiger partial charge in [0, 0.05) is 13.1 Å². The Morgan fingerprint density at radius 2 is 1.97 bits per heavy atom. The van der Waals surface area contributed by atoms with Crippen LogP contribution in [-0.4, -0.2) is 49.3 Å². The van der Waals surface area contributed by atoms with Crippen LogP contribution in [0.2, 0.25) is 0 Å². The fraction of sp³-hybridized carbons (Fsp3) is 0.286. The summed E-state index contributed by atoms with van der Waals surface area (Å²) in [6, 6.07) is 12.1. The molecule has 1 fully saturated rings. The van der Waals surface area contributed by atoms with E-state index >= 15 is 0 Å². The average molecular weight is 408 g/mol. The van der Waals surface area contributed by atoms with Gasteiger partial charge in [-0.3, -0.25) is 9.59 Å². The molecule has 0 saturated carbocycles. The van der Waals surface area contributed by atoms with Crippen molar-refractivity contribution >= 4 is 11.8 Å². The zero-order valence-electron chi connectivity index (χ0n) is 16.2. The summed E-state index contributed by atoms with van der Waals surface area (Å²) < 4.78 is 14.6. The first-order valence-electron chi connectivity index (χ1n) is 9.75. The fourth-order valence-electron chi connectivity index (χ4n) is 3.52. The Balaban J connectivity index is 1.37. The molecule has 3 heterocycles. The van der Waals surface area contributed by atoms with Crippen LogP contribution < -0.4 is 5.32 Å². The number of aromatic nitrogens is 4. The molecule has 0 unspecified atom stereocenters. The topological polar surface area (TPSA) is 93.0 Å². The molecular formula is C21H21FN6O2. The van der Waals surface area contributed by atoms with Crippen LogP contribution >= 0.6 is 0 Å². The third-order valence-electron chi connectivity index (χ3n) is 5.05. The lowest BCUT2D eigenvalue weighted by molar-refractivity contribution is 0.0714. The minimum atomic E-state index is -0.481. The summed E-state index contributed by atoms with van der Waals surface area (Å²) >= 11 is 0. The quantitative estimate of drug-likeness (QED) is 0.674. The second-order valence-corrected chi connectivity index (χ2v) is 7.15. The van der Waals surface area contributed by atoms with Crippen LogP contribution in [0.15, 0.2) is 54.9 Å². The summed E-state index contributed by atoms with van der Waals surface area (Å²) in [4.78, 5) is 30.6. The van der Waals surface area contributed by atoms with E-state index in [1.807, 2.05) is 30.3 Å². The van der Waals surface area contributed by atoms with Crippen molar-refractivity contribution in [3.8, 4) is 0 Å². The highest BCUT2D eigenvalue weighted by atomic mass is 19.1. The Labute approximate surface area is 172 Å². The molecule has 2 aromatic heterocycles. The van der Waals surface area contributed by atoms with Crippen LogP contribution in [0.4, 0.5) is 4.39 Å². The maximum atomic E-state index is 13.1. The van der Waals surface area contributed by atoms with Crippen molar-refractivity contribution in [2.45, 2.75) is 32.0 Å². The van der Waals surface area contributed by atoms with Gasteiger partial charge in [0.1, 0.15) is 11.5 Å². The molecule has 0 aliphatic carbocycles. The van der Waals surface area contributed by atoms with Gasteiger partial charge in [-0.25, -0.2) is 14.1 Å². The van der Waals surface area contributed by atoms with Gasteiger partial charge in [0.15, 0.2) is 5.69 Å². The van der Waals surface area contributed by atoms with E-state index in [0.717, 1.165) is 24.6 Å². The first-order chi connectivity index (χ1) is 14.6. The lowest BCUT2D eigenvalue weighted by atomic mass is 10.2. The molecule has 1 saturated heterocycles. The molecule has 3 aromatic rings. The number of benzene rings is 1. The summed E-state index contributed by atoms with van der Waals surface area (Å²) in [6.07, 6.45) is 4.28. The number of hydrogen-bond donors (Lipinski definition) is 1. The normalized spacial score (nSPS) is 15.9. The molecule has 0 spiro atoms. The highest BCUT2D eigenvalue weighted by Crippen LogP contribution is 2.21. The molecule has 8 nitrogen and oxygen atoms in total. The van der Waals surface area contributed by atoms with E-state index in [0.29, 0.717) is 19.6 Å². The van der Waals surface area contributed by atoms with Crippen LogP contribution in [0.1, 0.15) is 39.4 Å². The molecule has 4 rings (SSSR count). The van der Waals surface area contributed by atoms with E-state index in [1.165, 1.54) is 12.1 Å². The Kier molecular flexibility index (Phi) is 5.78. The van der Waals surface area contributed by atoms with Crippen LogP contribution in [0.25, 0.3) is 0 Å². The summed E-state index contributed by atoms with van der Waals surface area (Å²) in [5.74, 6) is -1.02. The van der Waals surface area contributed by atoms with Crippen LogP contribution in [-0.2, 0) is 13.1 Å². The van der Waals surface area contributed by atoms with E-state index in [1.54, 1.807) is 15.8 Å². The Morgan fingerprint density at radius 3 is 2.73 bits per heavy atom. The highest BCUT2D eigenvalue weighted by molar-refractivity contribution is 5.93. The smallest absolute Gasteiger partial charge is 0.273 e. The molecule has 1 aromatic carbocycles. The molecule has 30 heavy (non-hydrogen) atoms. The SMILES string of the molecule is O=C(NCc1ccccc1)c1cn(C[C@@H]2CCCN2C(=O)c2ccc(F)cn2)nn1. The number of nitrogens with one attached hydrogen (secondary N) is 1. The zero-order valence-corrected chi connectivity index (χ0v) is 16.2. The average Bonchev–Trinajstić information content (AvgIpc) is 3.43. The predicted molar refractivity (Wildman–Crippen MR) is 106 cm³/mol. The van der Waals surface area contributed by atoms with Crippen LogP contribution in [0, 0.1) is 5.82 Å². The van der Waals surface area contributed by atoms with Crippen molar-refractivity contribution in [1.82, 2.24) is 30.2 Å². The van der Waals surface area contributed by atoms with Gasteiger partial charge in [-0.1, -0.05) is 35.5 Å². The molecule has 9 heteroatoms. The number of carbonyl (C=O) groups is 2. The third-order valence-corrected chi connectivity index (χ3v) is 5.05. The van der Waals surface area contributed by atoms with Gasteiger partial charge in [0.2, 0.25) is 0 Å². The summed E-state index contributed by atoms with van der Waals surface area (Å²) in [5, 5.41) is 10.8. The molecule has 1 atom stereocenters. The van der Waals surface area contributed by atoms with Gasteiger partial charge < -0.3 is 10.2 Å². The van der Waals surface area contributed by atoms with Crippen molar-refractivity contribution in [3.63, 3.8) is 0 Å². The van der Waals surface area contributed by atoms with Gasteiger partial charge in [-0.15, -0.1) is 5.10 Å². The van der Waals surface area contributed by atoms with Crippen molar-refractivity contribution in [2.24, 2.45) is 0 Å². The highest BCUT2D eigenvalue weighted by Gasteiger charge is 2.30. The lowest BCUT2D eigenvalue weighted by Crippen LogP contribution is -2.38. The molecule has 1 N–H and O–H groups in total. The number of pyridine rings is 1. The summed E-state index contributed by atoms with van der Waals surface area (Å²) in [6.45, 7) is 1.43. The van der Waals surface area contributed by atoms with Gasteiger partial charge in [0.05, 0.1) is 25.0 Å². The van der Waals surface area contributed by atoms with E-state index in [4.69, 9.17) is 0 Å². The van der Waals surface area contributed by atoms with Crippen LogP contribution in [0.5, 0.6) is 0 Å². The Hall–Kier alpha value is -3.62. The van der Waals surface area contributed by atoms with E-state index in [9.17, 15) is 14.0 Å². The van der Waals surface area contributed by atoms with Gasteiger partial charge in [0.25, 0.3) is 11.8 Å². The van der Waals surface area contributed by atoms with E-state index < -0.39 is 5.82 Å². The third kappa shape index (κ3) is 4.51. The molecule has 0 radical (unpaired) electrons.